The largest absolute Gasteiger partial charge is 0.495 e. The highest BCUT2D eigenvalue weighted by Crippen LogP contribution is 2.43. The third-order valence-corrected chi connectivity index (χ3v) is 3.75. The lowest BCUT2D eigenvalue weighted by molar-refractivity contribution is 0.225. The fourth-order valence-corrected chi connectivity index (χ4v) is 2.77. The van der Waals surface area contributed by atoms with Gasteiger partial charge in [0.15, 0.2) is 11.5 Å². The minimum atomic E-state index is 0.537. The molecule has 0 radical (unpaired) electrons. The predicted octanol–water partition coefficient (Wildman–Crippen LogP) is 1.77. The fourth-order valence-electron chi connectivity index (χ4n) is 2.47. The number of halogens is 1. The standard InChI is InChI=1S/C14H21ClN2O3/c1-18-12-8-11(15)13(19-2)10(14(12)20-3)9-17-6-4-16-5-7-17/h8,16H,4-7,9H2,1-3H3. The van der Waals surface area contributed by atoms with E-state index < -0.39 is 0 Å². The van der Waals surface area contributed by atoms with Crippen molar-refractivity contribution < 1.29 is 14.2 Å². The Bertz CT molecular complexity index is 462. The molecule has 1 aromatic carbocycles. The summed E-state index contributed by atoms with van der Waals surface area (Å²) in [7, 11) is 4.86. The van der Waals surface area contributed by atoms with E-state index in [9.17, 15) is 0 Å². The van der Waals surface area contributed by atoms with Gasteiger partial charge in [0, 0.05) is 38.8 Å². The molecular formula is C14H21ClN2O3. The van der Waals surface area contributed by atoms with Crippen LogP contribution in [0.3, 0.4) is 0 Å². The van der Waals surface area contributed by atoms with Crippen molar-refractivity contribution in [1.29, 1.82) is 0 Å². The monoisotopic (exact) mass is 300 g/mol. The summed E-state index contributed by atoms with van der Waals surface area (Å²) >= 11 is 6.27. The Hall–Kier alpha value is -1.17. The van der Waals surface area contributed by atoms with Crippen LogP contribution in [0.4, 0.5) is 0 Å². The minimum absolute atomic E-state index is 0.537. The number of nitrogens with zero attached hydrogens (tertiary/aromatic N) is 1. The maximum atomic E-state index is 6.27. The van der Waals surface area contributed by atoms with Gasteiger partial charge in [0.05, 0.1) is 31.9 Å². The molecule has 1 heterocycles. The van der Waals surface area contributed by atoms with Gasteiger partial charge in [-0.25, -0.2) is 0 Å². The Morgan fingerprint density at radius 2 is 1.75 bits per heavy atom. The first-order chi connectivity index (χ1) is 9.71. The zero-order valence-corrected chi connectivity index (χ0v) is 12.9. The summed E-state index contributed by atoms with van der Waals surface area (Å²) in [5.74, 6) is 1.97. The van der Waals surface area contributed by atoms with Crippen molar-refractivity contribution in [3.8, 4) is 17.2 Å². The molecule has 2 rings (SSSR count). The molecule has 0 amide bonds. The number of methoxy groups -OCH3 is 3. The Morgan fingerprint density at radius 1 is 1.10 bits per heavy atom. The molecule has 1 N–H and O–H groups in total. The van der Waals surface area contributed by atoms with Crippen molar-refractivity contribution in [2.45, 2.75) is 6.54 Å². The first-order valence-electron chi connectivity index (χ1n) is 6.61. The molecule has 0 aliphatic carbocycles. The maximum Gasteiger partial charge on any atom is 0.169 e. The van der Waals surface area contributed by atoms with Crippen LogP contribution >= 0.6 is 11.6 Å². The smallest absolute Gasteiger partial charge is 0.169 e. The van der Waals surface area contributed by atoms with Gasteiger partial charge >= 0.3 is 0 Å². The van der Waals surface area contributed by atoms with Crippen molar-refractivity contribution in [1.82, 2.24) is 10.2 Å². The van der Waals surface area contributed by atoms with E-state index in [4.69, 9.17) is 25.8 Å². The van der Waals surface area contributed by atoms with Gasteiger partial charge < -0.3 is 19.5 Å². The highest BCUT2D eigenvalue weighted by molar-refractivity contribution is 6.32. The molecule has 0 unspecified atom stereocenters. The van der Waals surface area contributed by atoms with Crippen LogP contribution in [0.5, 0.6) is 17.2 Å². The molecule has 6 heteroatoms. The van der Waals surface area contributed by atoms with E-state index in [1.807, 2.05) is 0 Å². The lowest BCUT2D eigenvalue weighted by Gasteiger charge is -2.29. The van der Waals surface area contributed by atoms with Gasteiger partial charge in [-0.1, -0.05) is 11.6 Å². The molecular weight excluding hydrogens is 280 g/mol. The second-order valence-electron chi connectivity index (χ2n) is 4.63. The Morgan fingerprint density at radius 3 is 2.30 bits per heavy atom. The molecule has 0 aromatic heterocycles. The summed E-state index contributed by atoms with van der Waals surface area (Å²) in [6.45, 7) is 4.68. The number of hydrogen-bond acceptors (Lipinski definition) is 5. The molecule has 0 atom stereocenters. The van der Waals surface area contributed by atoms with Crippen LogP contribution in [0.15, 0.2) is 6.07 Å². The third kappa shape index (κ3) is 3.11. The van der Waals surface area contributed by atoms with E-state index in [0.717, 1.165) is 38.3 Å². The third-order valence-electron chi connectivity index (χ3n) is 3.47. The normalized spacial score (nSPS) is 16.0. The van der Waals surface area contributed by atoms with Crippen molar-refractivity contribution in [3.05, 3.63) is 16.7 Å². The summed E-state index contributed by atoms with van der Waals surface area (Å²) in [5.41, 5.74) is 0.932. The van der Waals surface area contributed by atoms with Crippen LogP contribution in [0, 0.1) is 0 Å². The van der Waals surface area contributed by atoms with E-state index in [1.165, 1.54) is 0 Å². The number of piperazine rings is 1. The van der Waals surface area contributed by atoms with E-state index in [2.05, 4.69) is 10.2 Å². The van der Waals surface area contributed by atoms with Crippen molar-refractivity contribution in [2.75, 3.05) is 47.5 Å². The molecule has 0 bridgehead atoms. The molecule has 1 saturated heterocycles. The zero-order chi connectivity index (χ0) is 14.5. The summed E-state index contributed by atoms with van der Waals surface area (Å²) in [5, 5.41) is 3.87. The number of ether oxygens (including phenoxy) is 3. The van der Waals surface area contributed by atoms with Gasteiger partial charge in [0.25, 0.3) is 0 Å². The number of hydrogen-bond donors (Lipinski definition) is 1. The van der Waals surface area contributed by atoms with E-state index in [-0.39, 0.29) is 0 Å². The van der Waals surface area contributed by atoms with Crippen molar-refractivity contribution >= 4 is 11.6 Å². The van der Waals surface area contributed by atoms with E-state index in [1.54, 1.807) is 27.4 Å². The van der Waals surface area contributed by atoms with Crippen LogP contribution in [-0.4, -0.2) is 52.4 Å². The van der Waals surface area contributed by atoms with E-state index >= 15 is 0 Å². The molecule has 0 spiro atoms. The summed E-state index contributed by atoms with van der Waals surface area (Å²) in [4.78, 5) is 2.34. The van der Waals surface area contributed by atoms with Crippen LogP contribution in [-0.2, 0) is 6.54 Å². The van der Waals surface area contributed by atoms with E-state index in [0.29, 0.717) is 22.3 Å². The van der Waals surface area contributed by atoms with Gasteiger partial charge in [-0.15, -0.1) is 0 Å². The molecule has 0 saturated carbocycles. The molecule has 1 aromatic rings. The topological polar surface area (TPSA) is 43.0 Å². The highest BCUT2D eigenvalue weighted by atomic mass is 35.5. The molecule has 112 valence electrons. The second kappa shape index (κ2) is 7.02. The number of benzene rings is 1. The van der Waals surface area contributed by atoms with Crippen LogP contribution in [0.25, 0.3) is 0 Å². The molecule has 5 nitrogen and oxygen atoms in total. The van der Waals surface area contributed by atoms with Crippen LogP contribution < -0.4 is 19.5 Å². The fraction of sp³-hybridized carbons (Fsp3) is 0.571. The Labute approximate surface area is 124 Å². The highest BCUT2D eigenvalue weighted by Gasteiger charge is 2.22. The maximum absolute atomic E-state index is 6.27. The van der Waals surface area contributed by atoms with Crippen molar-refractivity contribution in [2.24, 2.45) is 0 Å². The summed E-state index contributed by atoms with van der Waals surface area (Å²) in [6.07, 6.45) is 0. The average Bonchev–Trinajstić information content (AvgIpc) is 2.48. The quantitative estimate of drug-likeness (QED) is 0.898. The van der Waals surface area contributed by atoms with Crippen LogP contribution in [0.2, 0.25) is 5.02 Å². The first-order valence-corrected chi connectivity index (χ1v) is 6.99. The second-order valence-corrected chi connectivity index (χ2v) is 5.04. The molecule has 1 fully saturated rings. The van der Waals surface area contributed by atoms with Gasteiger partial charge in [0.2, 0.25) is 0 Å². The van der Waals surface area contributed by atoms with Gasteiger partial charge in [-0.2, -0.15) is 0 Å². The average molecular weight is 301 g/mol. The lowest BCUT2D eigenvalue weighted by atomic mass is 10.1. The molecule has 20 heavy (non-hydrogen) atoms. The van der Waals surface area contributed by atoms with Gasteiger partial charge in [-0.3, -0.25) is 4.90 Å². The Balaban J connectivity index is 2.38. The SMILES string of the molecule is COc1cc(Cl)c(OC)c(CN2CCNCC2)c1OC. The first kappa shape index (κ1) is 15.2. The molecule has 1 aliphatic heterocycles. The zero-order valence-electron chi connectivity index (χ0n) is 12.2. The summed E-state index contributed by atoms with van der Waals surface area (Å²) < 4.78 is 16.3. The van der Waals surface area contributed by atoms with Crippen LogP contribution in [0.1, 0.15) is 5.56 Å². The molecule has 1 aliphatic rings. The minimum Gasteiger partial charge on any atom is -0.495 e. The lowest BCUT2D eigenvalue weighted by Crippen LogP contribution is -2.43. The number of rotatable bonds is 5. The summed E-state index contributed by atoms with van der Waals surface area (Å²) in [6, 6.07) is 1.72. The van der Waals surface area contributed by atoms with Crippen molar-refractivity contribution in [3.63, 3.8) is 0 Å². The number of nitrogens with one attached hydrogen (secondary N) is 1. The van der Waals surface area contributed by atoms with Gasteiger partial charge in [0.1, 0.15) is 5.75 Å². The van der Waals surface area contributed by atoms with Gasteiger partial charge in [-0.05, 0) is 0 Å². The Kier molecular flexibility index (Phi) is 5.34. The predicted molar refractivity (Wildman–Crippen MR) is 79.3 cm³/mol.